The lowest BCUT2D eigenvalue weighted by Gasteiger charge is -2.03. The van der Waals surface area contributed by atoms with Crippen LogP contribution in [0.5, 0.6) is 0 Å². The fourth-order valence-electron chi connectivity index (χ4n) is 2.86. The number of para-hydroxylation sites is 1. The molecule has 3 aromatic carbocycles. The number of anilines is 1. The highest BCUT2D eigenvalue weighted by molar-refractivity contribution is 6.54. The van der Waals surface area contributed by atoms with Gasteiger partial charge >= 0.3 is 0 Å². The molecular weight excluding hydrogens is 272 g/mol. The molecule has 1 heterocycles. The number of hydrogen-bond acceptors (Lipinski definition) is 2. The maximum Gasteiger partial charge on any atom is 0.275 e. The van der Waals surface area contributed by atoms with Gasteiger partial charge in [-0.2, -0.15) is 0 Å². The average molecular weight is 286 g/mol. The lowest BCUT2D eigenvalue weighted by atomic mass is 10.1. The van der Waals surface area contributed by atoms with Crippen molar-refractivity contribution >= 4 is 33.8 Å². The summed E-state index contributed by atoms with van der Waals surface area (Å²) < 4.78 is 0. The van der Waals surface area contributed by atoms with Gasteiger partial charge in [-0.25, -0.2) is 4.99 Å². The van der Waals surface area contributed by atoms with Crippen LogP contribution < -0.4 is 5.32 Å². The van der Waals surface area contributed by atoms with E-state index in [4.69, 9.17) is 0 Å². The zero-order chi connectivity index (χ0) is 15.1. The van der Waals surface area contributed by atoms with Gasteiger partial charge in [0.1, 0.15) is 5.71 Å². The zero-order valence-corrected chi connectivity index (χ0v) is 12.1. The molecule has 0 aromatic heterocycles. The Balaban J connectivity index is 1.94. The first kappa shape index (κ1) is 12.8. The summed E-state index contributed by atoms with van der Waals surface area (Å²) in [7, 11) is 0. The fraction of sp³-hybridized carbons (Fsp3) is 0.0526. The molecule has 3 aromatic rings. The van der Waals surface area contributed by atoms with Crippen LogP contribution in [0.15, 0.2) is 65.7 Å². The van der Waals surface area contributed by atoms with Crippen molar-refractivity contribution < 1.29 is 4.79 Å². The molecule has 0 spiro atoms. The maximum atomic E-state index is 12.3. The first-order chi connectivity index (χ1) is 10.7. The summed E-state index contributed by atoms with van der Waals surface area (Å²) in [6.07, 6.45) is 0. The first-order valence-electron chi connectivity index (χ1n) is 7.22. The summed E-state index contributed by atoms with van der Waals surface area (Å²) in [4.78, 5) is 16.9. The van der Waals surface area contributed by atoms with E-state index in [1.165, 1.54) is 0 Å². The number of benzene rings is 3. The molecule has 22 heavy (non-hydrogen) atoms. The van der Waals surface area contributed by atoms with E-state index in [1.807, 2.05) is 67.6 Å². The summed E-state index contributed by atoms with van der Waals surface area (Å²) in [5, 5.41) is 5.08. The van der Waals surface area contributed by atoms with E-state index in [-0.39, 0.29) is 5.91 Å². The number of carbonyl (C=O) groups excluding carboxylic acids is 1. The Kier molecular flexibility index (Phi) is 2.79. The largest absolute Gasteiger partial charge is 0.320 e. The summed E-state index contributed by atoms with van der Waals surface area (Å²) in [5.74, 6) is -0.141. The van der Waals surface area contributed by atoms with Crippen LogP contribution in [0.25, 0.3) is 10.8 Å². The highest BCUT2D eigenvalue weighted by Gasteiger charge is 2.27. The molecule has 4 rings (SSSR count). The lowest BCUT2D eigenvalue weighted by Crippen LogP contribution is -2.14. The molecular formula is C19H14N2O. The van der Waals surface area contributed by atoms with E-state index in [0.717, 1.165) is 33.3 Å². The third-order valence-corrected chi connectivity index (χ3v) is 3.98. The number of carbonyl (C=O) groups is 1. The molecule has 0 bridgehead atoms. The fourth-order valence-corrected chi connectivity index (χ4v) is 2.86. The normalized spacial score (nSPS) is 15.1. The van der Waals surface area contributed by atoms with Crippen molar-refractivity contribution in [3.8, 4) is 0 Å². The Labute approximate surface area is 128 Å². The summed E-state index contributed by atoms with van der Waals surface area (Å²) >= 11 is 0. The predicted octanol–water partition coefficient (Wildman–Crippen LogP) is 4.22. The molecule has 1 aliphatic heterocycles. The van der Waals surface area contributed by atoms with Crippen LogP contribution in [-0.4, -0.2) is 11.6 Å². The molecule has 1 aliphatic rings. The van der Waals surface area contributed by atoms with Gasteiger partial charge in [-0.15, -0.1) is 0 Å². The van der Waals surface area contributed by atoms with E-state index in [9.17, 15) is 4.79 Å². The van der Waals surface area contributed by atoms with Gasteiger partial charge in [0, 0.05) is 10.9 Å². The first-order valence-corrected chi connectivity index (χ1v) is 7.22. The van der Waals surface area contributed by atoms with Crippen LogP contribution in [0, 0.1) is 6.92 Å². The van der Waals surface area contributed by atoms with Gasteiger partial charge in [0.25, 0.3) is 5.91 Å². The number of nitrogens with zero attached hydrogens (tertiary/aromatic N) is 1. The molecule has 0 fully saturated rings. The van der Waals surface area contributed by atoms with Gasteiger partial charge in [-0.05, 0) is 23.9 Å². The Morgan fingerprint density at radius 1 is 0.909 bits per heavy atom. The maximum absolute atomic E-state index is 12.3. The van der Waals surface area contributed by atoms with Gasteiger partial charge in [0.2, 0.25) is 0 Å². The second-order valence-corrected chi connectivity index (χ2v) is 5.41. The topological polar surface area (TPSA) is 41.5 Å². The van der Waals surface area contributed by atoms with Crippen molar-refractivity contribution in [1.29, 1.82) is 0 Å². The van der Waals surface area contributed by atoms with Gasteiger partial charge in [-0.3, -0.25) is 4.79 Å². The Bertz CT molecular complexity index is 936. The smallest absolute Gasteiger partial charge is 0.275 e. The molecule has 0 saturated heterocycles. The lowest BCUT2D eigenvalue weighted by molar-refractivity contribution is -0.110. The number of rotatable bonds is 1. The number of nitrogens with one attached hydrogen (secondary N) is 1. The van der Waals surface area contributed by atoms with Gasteiger partial charge in [0.15, 0.2) is 0 Å². The Morgan fingerprint density at radius 3 is 2.59 bits per heavy atom. The molecule has 0 radical (unpaired) electrons. The van der Waals surface area contributed by atoms with Crippen molar-refractivity contribution in [1.82, 2.24) is 0 Å². The minimum atomic E-state index is -0.141. The Morgan fingerprint density at radius 2 is 1.68 bits per heavy atom. The molecule has 0 atom stereocenters. The van der Waals surface area contributed by atoms with Gasteiger partial charge < -0.3 is 5.32 Å². The van der Waals surface area contributed by atoms with Gasteiger partial charge in [0.05, 0.1) is 11.4 Å². The van der Waals surface area contributed by atoms with Crippen LogP contribution in [0.3, 0.4) is 0 Å². The highest BCUT2D eigenvalue weighted by atomic mass is 16.2. The second-order valence-electron chi connectivity index (χ2n) is 5.41. The van der Waals surface area contributed by atoms with E-state index < -0.39 is 0 Å². The minimum Gasteiger partial charge on any atom is -0.320 e. The summed E-state index contributed by atoms with van der Waals surface area (Å²) in [5.41, 5.74) is 4.09. The number of amides is 1. The van der Waals surface area contributed by atoms with Crippen molar-refractivity contribution in [2.45, 2.75) is 6.92 Å². The summed E-state index contributed by atoms with van der Waals surface area (Å²) in [6, 6.07) is 19.9. The molecule has 3 heteroatoms. The number of hydrogen-bond donors (Lipinski definition) is 1. The van der Waals surface area contributed by atoms with Crippen LogP contribution >= 0.6 is 0 Å². The van der Waals surface area contributed by atoms with E-state index in [2.05, 4.69) is 10.3 Å². The van der Waals surface area contributed by atoms with Crippen LogP contribution in [0.1, 0.15) is 11.1 Å². The highest BCUT2D eigenvalue weighted by Crippen LogP contribution is 2.31. The van der Waals surface area contributed by atoms with Crippen molar-refractivity contribution in [2.24, 2.45) is 4.99 Å². The van der Waals surface area contributed by atoms with Crippen LogP contribution in [-0.2, 0) is 4.79 Å². The number of aliphatic imine (C=N–C) groups is 1. The van der Waals surface area contributed by atoms with Gasteiger partial charge in [-0.1, -0.05) is 54.6 Å². The minimum absolute atomic E-state index is 0.141. The van der Waals surface area contributed by atoms with E-state index in [1.54, 1.807) is 0 Å². The zero-order valence-electron chi connectivity index (χ0n) is 12.1. The third kappa shape index (κ3) is 1.91. The molecule has 106 valence electrons. The Hall–Kier alpha value is -2.94. The molecule has 0 unspecified atom stereocenters. The SMILES string of the molecule is Cc1cccc2c1NC(=O)C2=Nc1cccc2ccccc12. The third-order valence-electron chi connectivity index (χ3n) is 3.98. The van der Waals surface area contributed by atoms with Crippen molar-refractivity contribution in [2.75, 3.05) is 5.32 Å². The quantitative estimate of drug-likeness (QED) is 0.715. The van der Waals surface area contributed by atoms with Crippen molar-refractivity contribution in [3.05, 3.63) is 71.8 Å². The molecule has 0 saturated carbocycles. The van der Waals surface area contributed by atoms with Crippen molar-refractivity contribution in [3.63, 3.8) is 0 Å². The monoisotopic (exact) mass is 286 g/mol. The number of aryl methyl sites for hydroxylation is 1. The predicted molar refractivity (Wildman–Crippen MR) is 90.0 cm³/mol. The average Bonchev–Trinajstić information content (AvgIpc) is 2.86. The second kappa shape index (κ2) is 4.81. The molecule has 1 N–H and O–H groups in total. The summed E-state index contributed by atoms with van der Waals surface area (Å²) in [6.45, 7) is 1.99. The van der Waals surface area contributed by atoms with E-state index >= 15 is 0 Å². The standard InChI is InChI=1S/C19H14N2O/c1-12-6-4-10-15-17(12)21-19(22)18(15)20-16-11-5-8-13-7-2-3-9-14(13)16/h2-11H,1H3,(H,20,21,22). The van der Waals surface area contributed by atoms with E-state index in [0.29, 0.717) is 5.71 Å². The van der Waals surface area contributed by atoms with Crippen LogP contribution in [0.4, 0.5) is 11.4 Å². The van der Waals surface area contributed by atoms with Crippen LogP contribution in [0.2, 0.25) is 0 Å². The molecule has 0 aliphatic carbocycles. The molecule has 3 nitrogen and oxygen atoms in total. The molecule has 1 amide bonds. The number of fused-ring (bicyclic) bond motifs is 2.